The molecule has 0 fully saturated rings. The third kappa shape index (κ3) is 5.21. The van der Waals surface area contributed by atoms with E-state index in [0.717, 1.165) is 15.6 Å². The summed E-state index contributed by atoms with van der Waals surface area (Å²) in [5.74, 6) is -0.319. The van der Waals surface area contributed by atoms with E-state index in [0.29, 0.717) is 5.69 Å². The molecular weight excluding hydrogens is 356 g/mol. The van der Waals surface area contributed by atoms with Crippen LogP contribution in [0.2, 0.25) is 0 Å². The Morgan fingerprint density at radius 3 is 2.35 bits per heavy atom. The second-order valence-electron chi connectivity index (χ2n) is 5.40. The van der Waals surface area contributed by atoms with E-state index in [4.69, 9.17) is 0 Å². The minimum absolute atomic E-state index is 0.156. The summed E-state index contributed by atoms with van der Waals surface area (Å²) in [6.45, 7) is 3.45. The summed E-state index contributed by atoms with van der Waals surface area (Å²) in [7, 11) is 0. The Morgan fingerprint density at radius 1 is 1.09 bits per heavy atom. The fourth-order valence-electron chi connectivity index (χ4n) is 2.25. The van der Waals surface area contributed by atoms with Crippen LogP contribution in [-0.4, -0.2) is 11.8 Å². The Kier molecular flexibility index (Phi) is 5.93. The van der Waals surface area contributed by atoms with Crippen molar-refractivity contribution in [2.24, 2.45) is 0 Å². The molecule has 5 heteroatoms. The largest absolute Gasteiger partial charge is 0.349 e. The summed E-state index contributed by atoms with van der Waals surface area (Å²) >= 11 is 3.40. The van der Waals surface area contributed by atoms with E-state index < -0.39 is 0 Å². The quantitative estimate of drug-likeness (QED) is 0.831. The average molecular weight is 375 g/mol. The first-order valence-electron chi connectivity index (χ1n) is 7.34. The number of aryl methyl sites for hydroxylation is 1. The molecule has 0 saturated carbocycles. The van der Waals surface area contributed by atoms with Crippen molar-refractivity contribution in [1.82, 2.24) is 5.32 Å². The predicted molar refractivity (Wildman–Crippen MR) is 95.1 cm³/mol. The standard InChI is InChI=1S/C18H19BrN2O2/c1-12-7-9-14(10-8-12)17(20-13(2)22)11-18(23)21-16-6-4-3-5-15(16)19/h3-10,17H,11H2,1-2H3,(H,20,22)(H,21,23). The van der Waals surface area contributed by atoms with Crippen LogP contribution < -0.4 is 10.6 Å². The second kappa shape index (κ2) is 7.92. The molecule has 2 aromatic rings. The number of rotatable bonds is 5. The van der Waals surface area contributed by atoms with Gasteiger partial charge in [0.25, 0.3) is 0 Å². The van der Waals surface area contributed by atoms with Gasteiger partial charge in [-0.15, -0.1) is 0 Å². The lowest BCUT2D eigenvalue weighted by molar-refractivity contribution is -0.120. The second-order valence-corrected chi connectivity index (χ2v) is 6.25. The molecule has 4 nitrogen and oxygen atoms in total. The smallest absolute Gasteiger partial charge is 0.226 e. The maximum atomic E-state index is 12.3. The Bertz CT molecular complexity index is 698. The zero-order valence-corrected chi connectivity index (χ0v) is 14.7. The van der Waals surface area contributed by atoms with Gasteiger partial charge in [-0.05, 0) is 40.5 Å². The van der Waals surface area contributed by atoms with Gasteiger partial charge in [0.15, 0.2) is 0 Å². The molecule has 2 rings (SSSR count). The van der Waals surface area contributed by atoms with Crippen molar-refractivity contribution in [3.63, 3.8) is 0 Å². The number of benzene rings is 2. The highest BCUT2D eigenvalue weighted by atomic mass is 79.9. The first-order chi connectivity index (χ1) is 11.0. The van der Waals surface area contributed by atoms with Gasteiger partial charge in [-0.1, -0.05) is 42.0 Å². The van der Waals surface area contributed by atoms with E-state index in [1.54, 1.807) is 0 Å². The number of carbonyl (C=O) groups excluding carboxylic acids is 2. The molecule has 0 heterocycles. The summed E-state index contributed by atoms with van der Waals surface area (Å²) in [6.07, 6.45) is 0.171. The molecule has 0 aliphatic carbocycles. The highest BCUT2D eigenvalue weighted by Crippen LogP contribution is 2.23. The monoisotopic (exact) mass is 374 g/mol. The molecular formula is C18H19BrN2O2. The number of halogens is 1. The zero-order valence-electron chi connectivity index (χ0n) is 13.1. The van der Waals surface area contributed by atoms with Gasteiger partial charge < -0.3 is 10.6 Å². The van der Waals surface area contributed by atoms with E-state index in [-0.39, 0.29) is 24.3 Å². The van der Waals surface area contributed by atoms with Gasteiger partial charge in [-0.25, -0.2) is 0 Å². The van der Waals surface area contributed by atoms with Crippen LogP contribution in [0.25, 0.3) is 0 Å². The Balaban J connectivity index is 2.11. The minimum Gasteiger partial charge on any atom is -0.349 e. The molecule has 0 aliphatic rings. The van der Waals surface area contributed by atoms with Crippen LogP contribution in [0.3, 0.4) is 0 Å². The van der Waals surface area contributed by atoms with Crippen molar-refractivity contribution in [1.29, 1.82) is 0 Å². The van der Waals surface area contributed by atoms with Crippen LogP contribution in [0.4, 0.5) is 5.69 Å². The van der Waals surface area contributed by atoms with Crippen molar-refractivity contribution in [2.45, 2.75) is 26.3 Å². The highest BCUT2D eigenvalue weighted by Gasteiger charge is 2.17. The average Bonchev–Trinajstić information content (AvgIpc) is 2.49. The van der Waals surface area contributed by atoms with Gasteiger partial charge in [-0.3, -0.25) is 9.59 Å². The van der Waals surface area contributed by atoms with Crippen molar-refractivity contribution in [3.8, 4) is 0 Å². The van der Waals surface area contributed by atoms with Crippen LogP contribution in [0.15, 0.2) is 53.0 Å². The van der Waals surface area contributed by atoms with Gasteiger partial charge in [-0.2, -0.15) is 0 Å². The first-order valence-corrected chi connectivity index (χ1v) is 8.13. The van der Waals surface area contributed by atoms with E-state index in [2.05, 4.69) is 26.6 Å². The van der Waals surface area contributed by atoms with Crippen LogP contribution in [-0.2, 0) is 9.59 Å². The first kappa shape index (κ1) is 17.2. The Hall–Kier alpha value is -2.14. The Labute approximate surface area is 144 Å². The fraction of sp³-hybridized carbons (Fsp3) is 0.222. The van der Waals surface area contributed by atoms with Gasteiger partial charge in [0.05, 0.1) is 18.2 Å². The molecule has 0 aliphatic heterocycles. The van der Waals surface area contributed by atoms with Crippen LogP contribution in [0, 0.1) is 6.92 Å². The third-order valence-corrected chi connectivity index (χ3v) is 4.09. The van der Waals surface area contributed by atoms with Crippen molar-refractivity contribution >= 4 is 33.4 Å². The highest BCUT2D eigenvalue weighted by molar-refractivity contribution is 9.10. The minimum atomic E-state index is -0.351. The van der Waals surface area contributed by atoms with Crippen molar-refractivity contribution in [3.05, 3.63) is 64.1 Å². The molecule has 0 saturated heterocycles. The molecule has 2 N–H and O–H groups in total. The van der Waals surface area contributed by atoms with Gasteiger partial charge in [0.1, 0.15) is 0 Å². The van der Waals surface area contributed by atoms with Gasteiger partial charge >= 0.3 is 0 Å². The molecule has 1 unspecified atom stereocenters. The molecule has 120 valence electrons. The topological polar surface area (TPSA) is 58.2 Å². The number of hydrogen-bond acceptors (Lipinski definition) is 2. The maximum absolute atomic E-state index is 12.3. The van der Waals surface area contributed by atoms with E-state index in [1.807, 2.05) is 55.5 Å². The van der Waals surface area contributed by atoms with E-state index in [1.165, 1.54) is 6.92 Å². The number of hydrogen-bond donors (Lipinski definition) is 2. The zero-order chi connectivity index (χ0) is 16.8. The SMILES string of the molecule is CC(=O)NC(CC(=O)Nc1ccccc1Br)c1ccc(C)cc1. The Morgan fingerprint density at radius 2 is 1.74 bits per heavy atom. The van der Waals surface area contributed by atoms with E-state index >= 15 is 0 Å². The van der Waals surface area contributed by atoms with Gasteiger partial charge in [0, 0.05) is 11.4 Å². The molecule has 0 aromatic heterocycles. The van der Waals surface area contributed by atoms with E-state index in [9.17, 15) is 9.59 Å². The number of anilines is 1. The van der Waals surface area contributed by atoms with Crippen LogP contribution >= 0.6 is 15.9 Å². The summed E-state index contributed by atoms with van der Waals surface area (Å²) < 4.78 is 0.819. The normalized spacial score (nSPS) is 11.6. The molecule has 0 radical (unpaired) electrons. The molecule has 0 bridgehead atoms. The lowest BCUT2D eigenvalue weighted by atomic mass is 10.0. The summed E-state index contributed by atoms with van der Waals surface area (Å²) in [5.41, 5.74) is 2.75. The number of carbonyl (C=O) groups is 2. The van der Waals surface area contributed by atoms with Crippen LogP contribution in [0.1, 0.15) is 30.5 Å². The third-order valence-electron chi connectivity index (χ3n) is 3.39. The fourth-order valence-corrected chi connectivity index (χ4v) is 2.63. The molecule has 1 atom stereocenters. The number of para-hydroxylation sites is 1. The molecule has 2 amide bonds. The number of nitrogens with one attached hydrogen (secondary N) is 2. The van der Waals surface area contributed by atoms with Crippen molar-refractivity contribution < 1.29 is 9.59 Å². The lowest BCUT2D eigenvalue weighted by Crippen LogP contribution is -2.29. The maximum Gasteiger partial charge on any atom is 0.226 e. The summed E-state index contributed by atoms with van der Waals surface area (Å²) in [4.78, 5) is 23.8. The van der Waals surface area contributed by atoms with Crippen LogP contribution in [0.5, 0.6) is 0 Å². The van der Waals surface area contributed by atoms with Gasteiger partial charge in [0.2, 0.25) is 11.8 Å². The molecule has 2 aromatic carbocycles. The number of amides is 2. The predicted octanol–water partition coefficient (Wildman–Crippen LogP) is 3.96. The van der Waals surface area contributed by atoms with Crippen molar-refractivity contribution in [2.75, 3.05) is 5.32 Å². The summed E-state index contributed by atoms with van der Waals surface area (Å²) in [6, 6.07) is 14.9. The summed E-state index contributed by atoms with van der Waals surface area (Å²) in [5, 5.41) is 5.69. The lowest BCUT2D eigenvalue weighted by Gasteiger charge is -2.18. The molecule has 0 spiro atoms. The molecule has 23 heavy (non-hydrogen) atoms.